The number of pyridine rings is 1. The molecule has 2 heterocycles. The highest BCUT2D eigenvalue weighted by Crippen LogP contribution is 2.20. The van der Waals surface area contributed by atoms with Crippen molar-refractivity contribution >= 4 is 0 Å². The fourth-order valence-corrected chi connectivity index (χ4v) is 2.43. The van der Waals surface area contributed by atoms with E-state index in [1.54, 1.807) is 19.5 Å². The Morgan fingerprint density at radius 1 is 1.09 bits per heavy atom. The summed E-state index contributed by atoms with van der Waals surface area (Å²) in [6.45, 7) is 2.75. The van der Waals surface area contributed by atoms with Gasteiger partial charge in [0, 0.05) is 31.6 Å². The first-order valence-corrected chi connectivity index (χ1v) is 7.70. The van der Waals surface area contributed by atoms with E-state index in [1.807, 2.05) is 29.8 Å². The average molecular weight is 308 g/mol. The second-order valence-corrected chi connectivity index (χ2v) is 5.37. The second-order valence-electron chi connectivity index (χ2n) is 5.37. The molecule has 0 amide bonds. The Kier molecular flexibility index (Phi) is 4.78. The molecule has 23 heavy (non-hydrogen) atoms. The Balaban J connectivity index is 1.87. The van der Waals surface area contributed by atoms with Crippen LogP contribution < -0.4 is 0 Å². The zero-order chi connectivity index (χ0) is 16.1. The molecule has 0 fully saturated rings. The minimum absolute atomic E-state index is 0.103. The molecule has 0 N–H and O–H groups in total. The summed E-state index contributed by atoms with van der Waals surface area (Å²) in [4.78, 5) is 8.70. The van der Waals surface area contributed by atoms with Crippen LogP contribution in [0.2, 0.25) is 0 Å². The van der Waals surface area contributed by atoms with E-state index in [2.05, 4.69) is 39.3 Å². The van der Waals surface area contributed by atoms with Crippen LogP contribution in [-0.2, 0) is 17.7 Å². The van der Waals surface area contributed by atoms with Crippen molar-refractivity contribution in [1.29, 1.82) is 0 Å². The van der Waals surface area contributed by atoms with Gasteiger partial charge in [-0.15, -0.1) is 0 Å². The summed E-state index contributed by atoms with van der Waals surface area (Å²) in [7, 11) is 1.69. The van der Waals surface area contributed by atoms with E-state index < -0.39 is 0 Å². The summed E-state index contributed by atoms with van der Waals surface area (Å²) in [5.41, 5.74) is 2.24. The first kappa shape index (κ1) is 15.4. The molecule has 5 heteroatoms. The third-order valence-corrected chi connectivity index (χ3v) is 3.81. The van der Waals surface area contributed by atoms with E-state index >= 15 is 0 Å². The zero-order valence-electron chi connectivity index (χ0n) is 13.4. The van der Waals surface area contributed by atoms with Crippen LogP contribution in [0.3, 0.4) is 0 Å². The summed E-state index contributed by atoms with van der Waals surface area (Å²) >= 11 is 0. The molecule has 0 radical (unpaired) electrons. The van der Waals surface area contributed by atoms with Crippen LogP contribution in [0.4, 0.5) is 0 Å². The first-order chi connectivity index (χ1) is 11.3. The molecule has 1 unspecified atom stereocenters. The molecule has 0 saturated heterocycles. The maximum absolute atomic E-state index is 5.44. The summed E-state index contributed by atoms with van der Waals surface area (Å²) < 4.78 is 7.38. The molecule has 2 aromatic heterocycles. The van der Waals surface area contributed by atoms with E-state index in [1.165, 1.54) is 5.56 Å². The van der Waals surface area contributed by atoms with Gasteiger partial charge in [0.15, 0.2) is 11.6 Å². The lowest BCUT2D eigenvalue weighted by molar-refractivity contribution is 0.107. The zero-order valence-corrected chi connectivity index (χ0v) is 13.4. The van der Waals surface area contributed by atoms with Gasteiger partial charge in [0.25, 0.3) is 0 Å². The van der Waals surface area contributed by atoms with Gasteiger partial charge in [-0.1, -0.05) is 30.3 Å². The molecule has 0 aliphatic heterocycles. The average Bonchev–Trinajstić information content (AvgIpc) is 3.05. The van der Waals surface area contributed by atoms with Crippen LogP contribution in [0, 0.1) is 0 Å². The highest BCUT2D eigenvalue weighted by Gasteiger charge is 2.16. The lowest BCUT2D eigenvalue weighted by Crippen LogP contribution is -2.11. The molecule has 1 aromatic carbocycles. The van der Waals surface area contributed by atoms with Gasteiger partial charge in [0.2, 0.25) is 0 Å². The van der Waals surface area contributed by atoms with Crippen LogP contribution >= 0.6 is 0 Å². The standard InChI is InChI=1S/C18H20N4O/c1-14(23-2)18-20-17(16-8-11-19-12-9-16)21-22(18)13-10-15-6-4-3-5-7-15/h3-9,11-12,14H,10,13H2,1-2H3. The summed E-state index contributed by atoms with van der Waals surface area (Å²) in [5, 5.41) is 4.66. The van der Waals surface area contributed by atoms with Gasteiger partial charge in [-0.2, -0.15) is 5.10 Å². The number of benzene rings is 1. The van der Waals surface area contributed by atoms with Crippen molar-refractivity contribution in [2.24, 2.45) is 0 Å². The SMILES string of the molecule is COC(C)c1nc(-c2ccncc2)nn1CCc1ccccc1. The number of rotatable bonds is 6. The quantitative estimate of drug-likeness (QED) is 0.701. The predicted molar refractivity (Wildman–Crippen MR) is 88.8 cm³/mol. The number of ether oxygens (including phenoxy) is 1. The third-order valence-electron chi connectivity index (χ3n) is 3.81. The van der Waals surface area contributed by atoms with Gasteiger partial charge in [0.05, 0.1) is 0 Å². The van der Waals surface area contributed by atoms with E-state index in [-0.39, 0.29) is 6.10 Å². The number of hydrogen-bond acceptors (Lipinski definition) is 4. The Bertz CT molecular complexity index is 740. The molecule has 0 bridgehead atoms. The summed E-state index contributed by atoms with van der Waals surface area (Å²) in [6.07, 6.45) is 4.30. The summed E-state index contributed by atoms with van der Waals surface area (Å²) in [6, 6.07) is 14.2. The summed E-state index contributed by atoms with van der Waals surface area (Å²) in [5.74, 6) is 1.55. The predicted octanol–water partition coefficient (Wildman–Crippen LogP) is 3.29. The number of aromatic nitrogens is 4. The molecule has 0 saturated carbocycles. The third kappa shape index (κ3) is 3.63. The lowest BCUT2D eigenvalue weighted by atomic mass is 10.1. The van der Waals surface area contributed by atoms with Gasteiger partial charge in [0.1, 0.15) is 6.10 Å². The minimum atomic E-state index is -0.103. The Hall–Kier alpha value is -2.53. The van der Waals surface area contributed by atoms with E-state index in [0.29, 0.717) is 5.82 Å². The second kappa shape index (κ2) is 7.15. The monoisotopic (exact) mass is 308 g/mol. The van der Waals surface area contributed by atoms with Gasteiger partial charge in [-0.25, -0.2) is 9.67 Å². The maximum atomic E-state index is 5.44. The number of methoxy groups -OCH3 is 1. The smallest absolute Gasteiger partial charge is 0.181 e. The van der Waals surface area contributed by atoms with Crippen LogP contribution in [-0.4, -0.2) is 26.9 Å². The van der Waals surface area contributed by atoms with Gasteiger partial charge < -0.3 is 4.74 Å². The Morgan fingerprint density at radius 3 is 2.52 bits per heavy atom. The van der Waals surface area contributed by atoms with Crippen molar-refractivity contribution in [3.05, 3.63) is 66.2 Å². The van der Waals surface area contributed by atoms with Crippen molar-refractivity contribution in [2.45, 2.75) is 26.0 Å². The molecular weight excluding hydrogens is 288 g/mol. The molecule has 0 aliphatic carbocycles. The maximum Gasteiger partial charge on any atom is 0.181 e. The van der Waals surface area contributed by atoms with Crippen molar-refractivity contribution < 1.29 is 4.74 Å². The van der Waals surface area contributed by atoms with Crippen molar-refractivity contribution in [2.75, 3.05) is 7.11 Å². The van der Waals surface area contributed by atoms with Crippen LogP contribution in [0.5, 0.6) is 0 Å². The largest absolute Gasteiger partial charge is 0.374 e. The van der Waals surface area contributed by atoms with Crippen molar-refractivity contribution in [3.8, 4) is 11.4 Å². The van der Waals surface area contributed by atoms with E-state index in [0.717, 1.165) is 24.4 Å². The molecule has 5 nitrogen and oxygen atoms in total. The molecule has 3 rings (SSSR count). The molecular formula is C18H20N4O. The fourth-order valence-electron chi connectivity index (χ4n) is 2.43. The van der Waals surface area contributed by atoms with Crippen LogP contribution in [0.25, 0.3) is 11.4 Å². The molecule has 3 aromatic rings. The highest BCUT2D eigenvalue weighted by atomic mass is 16.5. The van der Waals surface area contributed by atoms with Crippen LogP contribution in [0.1, 0.15) is 24.4 Å². The number of nitrogens with zero attached hydrogens (tertiary/aromatic N) is 4. The van der Waals surface area contributed by atoms with Crippen molar-refractivity contribution in [1.82, 2.24) is 19.7 Å². The molecule has 0 spiro atoms. The Morgan fingerprint density at radius 2 is 1.83 bits per heavy atom. The lowest BCUT2D eigenvalue weighted by Gasteiger charge is -2.10. The van der Waals surface area contributed by atoms with Gasteiger partial charge >= 0.3 is 0 Å². The minimum Gasteiger partial charge on any atom is -0.374 e. The molecule has 1 atom stereocenters. The fraction of sp³-hybridized carbons (Fsp3) is 0.278. The molecule has 118 valence electrons. The first-order valence-electron chi connectivity index (χ1n) is 7.70. The highest BCUT2D eigenvalue weighted by molar-refractivity contribution is 5.53. The number of hydrogen-bond donors (Lipinski definition) is 0. The van der Waals surface area contributed by atoms with E-state index in [4.69, 9.17) is 4.74 Å². The van der Waals surface area contributed by atoms with Gasteiger partial charge in [-0.05, 0) is 31.0 Å². The normalized spacial score (nSPS) is 12.3. The van der Waals surface area contributed by atoms with Gasteiger partial charge in [-0.3, -0.25) is 4.98 Å². The van der Waals surface area contributed by atoms with E-state index in [9.17, 15) is 0 Å². The molecule has 0 aliphatic rings. The van der Waals surface area contributed by atoms with Crippen molar-refractivity contribution in [3.63, 3.8) is 0 Å². The topological polar surface area (TPSA) is 52.8 Å². The van der Waals surface area contributed by atoms with Crippen LogP contribution in [0.15, 0.2) is 54.9 Å². The Labute approximate surface area is 136 Å². The number of aryl methyl sites for hydroxylation is 2.